The maximum Gasteiger partial charge on any atom is 0.167 e. The summed E-state index contributed by atoms with van der Waals surface area (Å²) in [5.74, 6) is 0.129. The van der Waals surface area contributed by atoms with Crippen LogP contribution in [0, 0.1) is 19.7 Å². The van der Waals surface area contributed by atoms with Crippen LogP contribution in [0.2, 0.25) is 5.02 Å². The molecule has 0 N–H and O–H groups in total. The third-order valence-corrected chi connectivity index (χ3v) is 3.74. The predicted molar refractivity (Wildman–Crippen MR) is 81.9 cm³/mol. The first-order chi connectivity index (χ1) is 9.93. The minimum Gasteiger partial charge on any atom is -0.496 e. The lowest BCUT2D eigenvalue weighted by Gasteiger charge is -2.11. The lowest BCUT2D eigenvalue weighted by molar-refractivity contribution is 0.0991. The SMILES string of the molecule is COc1c(C)cc(C(=O)Cc2c(F)cccc2Cl)cc1C. The molecule has 2 aromatic carbocycles. The van der Waals surface area contributed by atoms with E-state index in [0.717, 1.165) is 16.9 Å². The van der Waals surface area contributed by atoms with E-state index < -0.39 is 5.82 Å². The quantitative estimate of drug-likeness (QED) is 0.776. The fourth-order valence-corrected chi connectivity index (χ4v) is 2.63. The second kappa shape index (κ2) is 6.27. The lowest BCUT2D eigenvalue weighted by atomic mass is 9.98. The zero-order valence-electron chi connectivity index (χ0n) is 12.2. The molecule has 0 aliphatic heterocycles. The zero-order chi connectivity index (χ0) is 15.6. The Hall–Kier alpha value is -1.87. The molecule has 2 rings (SSSR count). The molecule has 0 saturated heterocycles. The minimum absolute atomic E-state index is 0.0588. The summed E-state index contributed by atoms with van der Waals surface area (Å²) in [7, 11) is 1.59. The molecule has 0 saturated carbocycles. The van der Waals surface area contributed by atoms with Crippen molar-refractivity contribution < 1.29 is 13.9 Å². The number of ketones is 1. The molecule has 0 spiro atoms. The number of methoxy groups -OCH3 is 1. The van der Waals surface area contributed by atoms with Gasteiger partial charge in [-0.15, -0.1) is 0 Å². The first-order valence-corrected chi connectivity index (χ1v) is 6.93. The van der Waals surface area contributed by atoms with Gasteiger partial charge in [0.2, 0.25) is 0 Å². The Morgan fingerprint density at radius 3 is 2.38 bits per heavy atom. The van der Waals surface area contributed by atoms with E-state index in [0.29, 0.717) is 5.56 Å². The van der Waals surface area contributed by atoms with E-state index in [4.69, 9.17) is 16.3 Å². The Labute approximate surface area is 128 Å². The van der Waals surface area contributed by atoms with Crippen molar-refractivity contribution in [2.45, 2.75) is 20.3 Å². The summed E-state index contributed by atoms with van der Waals surface area (Å²) in [5.41, 5.74) is 2.52. The molecule has 0 atom stereocenters. The molecule has 2 nitrogen and oxygen atoms in total. The van der Waals surface area contributed by atoms with Crippen LogP contribution in [0.4, 0.5) is 4.39 Å². The van der Waals surface area contributed by atoms with Crippen LogP contribution in [0.25, 0.3) is 0 Å². The van der Waals surface area contributed by atoms with Gasteiger partial charge in [0, 0.05) is 22.6 Å². The Kier molecular flexibility index (Phi) is 4.63. The number of hydrogen-bond donors (Lipinski definition) is 0. The van der Waals surface area contributed by atoms with Crippen molar-refractivity contribution in [2.75, 3.05) is 7.11 Å². The van der Waals surface area contributed by atoms with Gasteiger partial charge in [0.05, 0.1) is 7.11 Å². The van der Waals surface area contributed by atoms with E-state index in [9.17, 15) is 9.18 Å². The number of benzene rings is 2. The number of hydrogen-bond acceptors (Lipinski definition) is 2. The number of halogens is 2. The van der Waals surface area contributed by atoms with E-state index in [-0.39, 0.29) is 22.8 Å². The van der Waals surface area contributed by atoms with Crippen LogP contribution in [0.5, 0.6) is 5.75 Å². The summed E-state index contributed by atoms with van der Waals surface area (Å²) >= 11 is 5.96. The Bertz CT molecular complexity index is 652. The van der Waals surface area contributed by atoms with E-state index in [2.05, 4.69) is 0 Å². The molecule has 21 heavy (non-hydrogen) atoms. The average molecular weight is 307 g/mol. The van der Waals surface area contributed by atoms with Crippen molar-refractivity contribution >= 4 is 17.4 Å². The highest BCUT2D eigenvalue weighted by Gasteiger charge is 2.15. The van der Waals surface area contributed by atoms with E-state index in [1.807, 2.05) is 13.8 Å². The summed E-state index contributed by atoms with van der Waals surface area (Å²) in [6.45, 7) is 3.75. The van der Waals surface area contributed by atoms with Crippen LogP contribution in [0.15, 0.2) is 30.3 Å². The molecular weight excluding hydrogens is 291 g/mol. The molecule has 0 amide bonds. The van der Waals surface area contributed by atoms with Gasteiger partial charge in [-0.2, -0.15) is 0 Å². The van der Waals surface area contributed by atoms with Crippen molar-refractivity contribution in [2.24, 2.45) is 0 Å². The highest BCUT2D eigenvalue weighted by Crippen LogP contribution is 2.26. The van der Waals surface area contributed by atoms with Gasteiger partial charge in [0.15, 0.2) is 5.78 Å². The first-order valence-electron chi connectivity index (χ1n) is 6.55. The van der Waals surface area contributed by atoms with Gasteiger partial charge in [0.1, 0.15) is 11.6 Å². The topological polar surface area (TPSA) is 26.3 Å². The van der Waals surface area contributed by atoms with Gasteiger partial charge >= 0.3 is 0 Å². The van der Waals surface area contributed by atoms with Crippen LogP contribution >= 0.6 is 11.6 Å². The summed E-state index contributed by atoms with van der Waals surface area (Å²) in [4.78, 5) is 12.4. The molecule has 110 valence electrons. The number of aryl methyl sites for hydroxylation is 2. The maximum atomic E-state index is 13.7. The lowest BCUT2D eigenvalue weighted by Crippen LogP contribution is -2.07. The molecule has 0 heterocycles. The highest BCUT2D eigenvalue weighted by atomic mass is 35.5. The van der Waals surface area contributed by atoms with Crippen molar-refractivity contribution in [1.82, 2.24) is 0 Å². The number of ether oxygens (including phenoxy) is 1. The van der Waals surface area contributed by atoms with Gasteiger partial charge in [-0.25, -0.2) is 4.39 Å². The second-order valence-corrected chi connectivity index (χ2v) is 5.35. The fraction of sp³-hybridized carbons (Fsp3) is 0.235. The third kappa shape index (κ3) is 3.24. The summed E-state index contributed by atoms with van der Waals surface area (Å²) < 4.78 is 19.0. The number of carbonyl (C=O) groups is 1. The average Bonchev–Trinajstić information content (AvgIpc) is 2.42. The third-order valence-electron chi connectivity index (χ3n) is 3.39. The van der Waals surface area contributed by atoms with Gasteiger partial charge in [0.25, 0.3) is 0 Å². The molecule has 4 heteroatoms. The van der Waals surface area contributed by atoms with Crippen LogP contribution < -0.4 is 4.74 Å². The van der Waals surface area contributed by atoms with Crippen LogP contribution in [0.1, 0.15) is 27.0 Å². The standard InChI is InChI=1S/C17H16ClFO2/c1-10-7-12(8-11(2)17(10)21-3)16(20)9-13-14(18)5-4-6-15(13)19/h4-8H,9H2,1-3H3. The highest BCUT2D eigenvalue weighted by molar-refractivity contribution is 6.31. The van der Waals surface area contributed by atoms with Gasteiger partial charge < -0.3 is 4.74 Å². The van der Waals surface area contributed by atoms with Crippen LogP contribution in [0.3, 0.4) is 0 Å². The number of Topliss-reactive ketones (excluding diaryl/α,β-unsaturated/α-hetero) is 1. The molecule has 2 aromatic rings. The largest absolute Gasteiger partial charge is 0.496 e. The number of rotatable bonds is 4. The Morgan fingerprint density at radius 1 is 1.24 bits per heavy atom. The molecule has 0 aromatic heterocycles. The van der Waals surface area contributed by atoms with Gasteiger partial charge in [-0.05, 0) is 49.2 Å². The Balaban J connectivity index is 2.33. The summed E-state index contributed by atoms with van der Waals surface area (Å²) in [5, 5.41) is 0.269. The first kappa shape index (κ1) is 15.5. The normalized spacial score (nSPS) is 10.5. The number of carbonyl (C=O) groups excluding carboxylic acids is 1. The molecule has 0 unspecified atom stereocenters. The molecular formula is C17H16ClFO2. The van der Waals surface area contributed by atoms with Crippen molar-refractivity contribution in [1.29, 1.82) is 0 Å². The van der Waals surface area contributed by atoms with Crippen molar-refractivity contribution in [3.8, 4) is 5.75 Å². The van der Waals surface area contributed by atoms with E-state index in [1.165, 1.54) is 12.1 Å². The monoisotopic (exact) mass is 306 g/mol. The van der Waals surface area contributed by atoms with Crippen molar-refractivity contribution in [3.63, 3.8) is 0 Å². The second-order valence-electron chi connectivity index (χ2n) is 4.94. The van der Waals surface area contributed by atoms with E-state index >= 15 is 0 Å². The van der Waals surface area contributed by atoms with Gasteiger partial charge in [-0.1, -0.05) is 17.7 Å². The molecule has 0 bridgehead atoms. The van der Waals surface area contributed by atoms with E-state index in [1.54, 1.807) is 25.3 Å². The van der Waals surface area contributed by atoms with Gasteiger partial charge in [-0.3, -0.25) is 4.79 Å². The fourth-order valence-electron chi connectivity index (χ4n) is 2.40. The van der Waals surface area contributed by atoms with Crippen LogP contribution in [-0.2, 0) is 6.42 Å². The molecule has 0 aliphatic rings. The maximum absolute atomic E-state index is 13.7. The predicted octanol–water partition coefficient (Wildman–Crippen LogP) is 4.53. The van der Waals surface area contributed by atoms with Crippen molar-refractivity contribution in [3.05, 3.63) is 63.4 Å². The molecule has 0 aliphatic carbocycles. The minimum atomic E-state index is -0.460. The summed E-state index contributed by atoms with van der Waals surface area (Å²) in [6.07, 6.45) is -0.0588. The smallest absolute Gasteiger partial charge is 0.167 e. The Morgan fingerprint density at radius 2 is 1.86 bits per heavy atom. The molecule has 0 radical (unpaired) electrons. The van der Waals surface area contributed by atoms with Crippen LogP contribution in [-0.4, -0.2) is 12.9 Å². The molecule has 0 fully saturated rings. The summed E-state index contributed by atoms with van der Waals surface area (Å²) in [6, 6.07) is 7.91. The zero-order valence-corrected chi connectivity index (χ0v) is 12.9.